The highest BCUT2D eigenvalue weighted by Crippen LogP contribution is 2.50. The summed E-state index contributed by atoms with van der Waals surface area (Å²) in [5.41, 5.74) is -1.09. The van der Waals surface area contributed by atoms with Gasteiger partial charge in [0.1, 0.15) is 5.75 Å². The van der Waals surface area contributed by atoms with Gasteiger partial charge in [0.2, 0.25) is 5.91 Å². The Morgan fingerprint density at radius 2 is 2.00 bits per heavy atom. The number of hydrogen-bond donors (Lipinski definition) is 1. The summed E-state index contributed by atoms with van der Waals surface area (Å²) >= 11 is 0. The highest BCUT2D eigenvalue weighted by Gasteiger charge is 2.48. The first-order chi connectivity index (χ1) is 11.2. The summed E-state index contributed by atoms with van der Waals surface area (Å²) in [4.78, 5) is 12.3. The van der Waals surface area contributed by atoms with E-state index in [0.717, 1.165) is 31.7 Å². The van der Waals surface area contributed by atoms with Gasteiger partial charge in [-0.05, 0) is 50.8 Å². The van der Waals surface area contributed by atoms with Crippen molar-refractivity contribution < 1.29 is 22.7 Å². The minimum atomic E-state index is -4.54. The van der Waals surface area contributed by atoms with E-state index < -0.39 is 11.7 Å². The Kier molecular flexibility index (Phi) is 5.45. The van der Waals surface area contributed by atoms with E-state index in [4.69, 9.17) is 4.74 Å². The van der Waals surface area contributed by atoms with Gasteiger partial charge in [-0.15, -0.1) is 0 Å². The molecule has 1 amide bonds. The summed E-state index contributed by atoms with van der Waals surface area (Å²) in [5.74, 6) is -0.391. The van der Waals surface area contributed by atoms with Gasteiger partial charge in [-0.1, -0.05) is 20.3 Å². The number of carbonyl (C=O) groups is 1. The van der Waals surface area contributed by atoms with Crippen molar-refractivity contribution in [2.75, 3.05) is 5.32 Å². The summed E-state index contributed by atoms with van der Waals surface area (Å²) in [6, 6.07) is 3.70. The molecule has 0 saturated heterocycles. The van der Waals surface area contributed by atoms with Crippen LogP contribution < -0.4 is 10.1 Å². The van der Waals surface area contributed by atoms with E-state index in [1.54, 1.807) is 6.92 Å². The van der Waals surface area contributed by atoms with Crippen LogP contribution in [-0.4, -0.2) is 12.0 Å². The molecule has 2 rings (SSSR count). The van der Waals surface area contributed by atoms with Crippen LogP contribution in [0.4, 0.5) is 18.9 Å². The fraction of sp³-hybridized carbons (Fsp3) is 0.611. The summed E-state index contributed by atoms with van der Waals surface area (Å²) in [7, 11) is 0. The topological polar surface area (TPSA) is 38.3 Å². The standard InChI is InChI=1S/C18H24F3NO2/c1-4-8-17(9-10-17)16(23)22-13-6-7-15(24-12(3)5-2)14(11-13)18(19,20)21/h6-7,11-12H,4-5,8-10H2,1-3H3,(H,22,23). The molecule has 1 aliphatic rings. The lowest BCUT2D eigenvalue weighted by Crippen LogP contribution is -2.24. The predicted molar refractivity (Wildman–Crippen MR) is 87.0 cm³/mol. The molecular formula is C18H24F3NO2. The molecule has 24 heavy (non-hydrogen) atoms. The summed E-state index contributed by atoms with van der Waals surface area (Å²) in [6.45, 7) is 5.56. The number of nitrogens with one attached hydrogen (secondary N) is 1. The van der Waals surface area contributed by atoms with Crippen LogP contribution in [0, 0.1) is 5.41 Å². The predicted octanol–water partition coefficient (Wildman–Crippen LogP) is 5.40. The zero-order valence-corrected chi connectivity index (χ0v) is 14.3. The number of benzene rings is 1. The highest BCUT2D eigenvalue weighted by atomic mass is 19.4. The summed E-state index contributed by atoms with van der Waals surface area (Å²) in [6.07, 6.45) is -1.00. The molecular weight excluding hydrogens is 319 g/mol. The molecule has 1 fully saturated rings. The van der Waals surface area contributed by atoms with Crippen LogP contribution in [0.3, 0.4) is 0 Å². The largest absolute Gasteiger partial charge is 0.490 e. The molecule has 0 bridgehead atoms. The molecule has 1 aromatic rings. The SMILES string of the molecule is CCCC1(C(=O)Nc2ccc(OC(C)CC)c(C(F)(F)F)c2)CC1. The highest BCUT2D eigenvalue weighted by molar-refractivity contribution is 5.97. The van der Waals surface area contributed by atoms with Gasteiger partial charge in [0.25, 0.3) is 0 Å². The number of ether oxygens (including phenoxy) is 1. The summed E-state index contributed by atoms with van der Waals surface area (Å²) in [5, 5.41) is 2.64. The van der Waals surface area contributed by atoms with Crippen LogP contribution in [0.15, 0.2) is 18.2 Å². The number of anilines is 1. The van der Waals surface area contributed by atoms with Gasteiger partial charge >= 0.3 is 6.18 Å². The Bertz CT molecular complexity index is 594. The van der Waals surface area contributed by atoms with Gasteiger partial charge in [-0.2, -0.15) is 13.2 Å². The molecule has 0 aliphatic heterocycles. The molecule has 1 unspecified atom stereocenters. The molecule has 134 valence electrons. The van der Waals surface area contributed by atoms with E-state index in [1.165, 1.54) is 12.1 Å². The fourth-order valence-electron chi connectivity index (χ4n) is 2.72. The van der Waals surface area contributed by atoms with Crippen molar-refractivity contribution in [3.05, 3.63) is 23.8 Å². The third-order valence-corrected chi connectivity index (χ3v) is 4.51. The average Bonchev–Trinajstić information content (AvgIpc) is 3.29. The molecule has 0 radical (unpaired) electrons. The zero-order valence-electron chi connectivity index (χ0n) is 14.3. The molecule has 1 aliphatic carbocycles. The first-order valence-corrected chi connectivity index (χ1v) is 8.41. The van der Waals surface area contributed by atoms with Crippen LogP contribution in [-0.2, 0) is 11.0 Å². The molecule has 1 N–H and O–H groups in total. The number of alkyl halides is 3. The van der Waals surface area contributed by atoms with Crippen LogP contribution in [0.25, 0.3) is 0 Å². The quantitative estimate of drug-likeness (QED) is 0.720. The lowest BCUT2D eigenvalue weighted by molar-refractivity contribution is -0.139. The normalized spacial score (nSPS) is 17.2. The average molecular weight is 343 g/mol. The Hall–Kier alpha value is -1.72. The molecule has 0 aromatic heterocycles. The van der Waals surface area contributed by atoms with E-state index in [0.29, 0.717) is 6.42 Å². The lowest BCUT2D eigenvalue weighted by Gasteiger charge is -2.20. The van der Waals surface area contributed by atoms with E-state index in [2.05, 4.69) is 5.32 Å². The van der Waals surface area contributed by atoms with Crippen LogP contribution in [0.2, 0.25) is 0 Å². The van der Waals surface area contributed by atoms with Crippen LogP contribution in [0.1, 0.15) is 58.4 Å². The van der Waals surface area contributed by atoms with E-state index >= 15 is 0 Å². The second-order valence-electron chi connectivity index (χ2n) is 6.53. The van der Waals surface area contributed by atoms with Crippen molar-refractivity contribution in [1.82, 2.24) is 0 Å². The monoisotopic (exact) mass is 343 g/mol. The smallest absolute Gasteiger partial charge is 0.420 e. The van der Waals surface area contributed by atoms with Crippen LogP contribution >= 0.6 is 0 Å². The fourth-order valence-corrected chi connectivity index (χ4v) is 2.72. The van der Waals surface area contributed by atoms with Crippen LogP contribution in [0.5, 0.6) is 5.75 Å². The molecule has 1 atom stereocenters. The Balaban J connectivity index is 2.21. The van der Waals surface area contributed by atoms with Crippen molar-refractivity contribution in [1.29, 1.82) is 0 Å². The Morgan fingerprint density at radius 3 is 2.50 bits per heavy atom. The van der Waals surface area contributed by atoms with Crippen molar-refractivity contribution in [2.24, 2.45) is 5.41 Å². The second kappa shape index (κ2) is 7.03. The summed E-state index contributed by atoms with van der Waals surface area (Å²) < 4.78 is 45.3. The first kappa shape index (κ1) is 18.6. The van der Waals surface area contributed by atoms with Gasteiger partial charge in [0.05, 0.1) is 11.7 Å². The van der Waals surface area contributed by atoms with Gasteiger partial charge in [-0.3, -0.25) is 4.79 Å². The third-order valence-electron chi connectivity index (χ3n) is 4.51. The molecule has 0 heterocycles. The van der Waals surface area contributed by atoms with Gasteiger partial charge < -0.3 is 10.1 Å². The third kappa shape index (κ3) is 4.22. The Morgan fingerprint density at radius 1 is 1.33 bits per heavy atom. The van der Waals surface area contributed by atoms with Gasteiger partial charge in [0.15, 0.2) is 0 Å². The maximum atomic E-state index is 13.3. The molecule has 1 aromatic carbocycles. The number of rotatable bonds is 7. The minimum absolute atomic E-state index is 0.159. The van der Waals surface area contributed by atoms with Gasteiger partial charge in [0, 0.05) is 11.1 Å². The van der Waals surface area contributed by atoms with Crippen molar-refractivity contribution >= 4 is 11.6 Å². The number of hydrogen-bond acceptors (Lipinski definition) is 2. The van der Waals surface area contributed by atoms with Crippen molar-refractivity contribution in [2.45, 2.75) is 65.2 Å². The number of amides is 1. The van der Waals surface area contributed by atoms with Crippen molar-refractivity contribution in [3.8, 4) is 5.75 Å². The van der Waals surface area contributed by atoms with E-state index in [1.807, 2.05) is 13.8 Å². The minimum Gasteiger partial charge on any atom is -0.490 e. The zero-order chi connectivity index (χ0) is 18.0. The van der Waals surface area contributed by atoms with E-state index in [-0.39, 0.29) is 28.9 Å². The van der Waals surface area contributed by atoms with E-state index in [9.17, 15) is 18.0 Å². The molecule has 6 heteroatoms. The molecule has 3 nitrogen and oxygen atoms in total. The van der Waals surface area contributed by atoms with Crippen molar-refractivity contribution in [3.63, 3.8) is 0 Å². The number of halogens is 3. The van der Waals surface area contributed by atoms with Gasteiger partial charge in [-0.25, -0.2) is 0 Å². The first-order valence-electron chi connectivity index (χ1n) is 8.41. The second-order valence-corrected chi connectivity index (χ2v) is 6.53. The maximum Gasteiger partial charge on any atom is 0.420 e. The molecule has 0 spiro atoms. The maximum absolute atomic E-state index is 13.3. The molecule has 1 saturated carbocycles. The number of carbonyl (C=O) groups excluding carboxylic acids is 1. The Labute approximate surface area is 140 Å². The lowest BCUT2D eigenvalue weighted by atomic mass is 9.99.